The number of amides is 2. The number of carboxylic acids is 1. The van der Waals surface area contributed by atoms with Gasteiger partial charge in [0.1, 0.15) is 12.3 Å². The Bertz CT molecular complexity index is 1150. The number of nitrogens with one attached hydrogen (secondary N) is 2. The van der Waals surface area contributed by atoms with Crippen LogP contribution in [0.2, 0.25) is 0 Å². The first-order chi connectivity index (χ1) is 16.5. The third-order valence-corrected chi connectivity index (χ3v) is 6.04. The fraction of sp³-hybridized carbons (Fsp3) is 0.250. The van der Waals surface area contributed by atoms with Crippen LogP contribution in [0.3, 0.4) is 0 Å². The molecule has 0 saturated heterocycles. The second-order valence-corrected chi connectivity index (χ2v) is 8.36. The van der Waals surface area contributed by atoms with E-state index in [1.165, 1.54) is 5.38 Å². The molecule has 0 bridgehead atoms. The molecule has 0 unspecified atom stereocenters. The third-order valence-electron chi connectivity index (χ3n) is 5.28. The van der Waals surface area contributed by atoms with Crippen molar-refractivity contribution in [3.63, 3.8) is 0 Å². The highest BCUT2D eigenvalue weighted by atomic mass is 32.1. The minimum absolute atomic E-state index is 0.0477. The maximum absolute atomic E-state index is 12.4. The number of carbonyl (C=O) groups is 3. The Morgan fingerprint density at radius 3 is 2.35 bits per heavy atom. The minimum atomic E-state index is -0.942. The van der Waals surface area contributed by atoms with Crippen LogP contribution in [0, 0.1) is 0 Å². The third kappa shape index (κ3) is 5.59. The molecule has 9 nitrogen and oxygen atoms in total. The van der Waals surface area contributed by atoms with Gasteiger partial charge in [0.25, 0.3) is 5.91 Å². The highest BCUT2D eigenvalue weighted by Crippen LogP contribution is 2.44. The van der Waals surface area contributed by atoms with E-state index in [0.29, 0.717) is 0 Å². The van der Waals surface area contributed by atoms with Crippen LogP contribution in [-0.2, 0) is 14.3 Å². The maximum atomic E-state index is 12.4. The summed E-state index contributed by atoms with van der Waals surface area (Å²) in [5.41, 5.74) is 4.70. The van der Waals surface area contributed by atoms with Gasteiger partial charge in [0.2, 0.25) is 0 Å². The van der Waals surface area contributed by atoms with Crippen LogP contribution in [0.25, 0.3) is 11.1 Å². The summed E-state index contributed by atoms with van der Waals surface area (Å²) < 4.78 is 10.6. The quantitative estimate of drug-likeness (QED) is 0.377. The van der Waals surface area contributed by atoms with Crippen molar-refractivity contribution in [2.45, 2.75) is 12.3 Å². The Hall–Kier alpha value is -3.76. The van der Waals surface area contributed by atoms with Crippen molar-refractivity contribution in [1.29, 1.82) is 0 Å². The lowest BCUT2D eigenvalue weighted by Gasteiger charge is -2.14. The Morgan fingerprint density at radius 2 is 1.68 bits per heavy atom. The van der Waals surface area contributed by atoms with E-state index >= 15 is 0 Å². The predicted octanol–water partition coefficient (Wildman–Crippen LogP) is 3.73. The molecule has 10 heteroatoms. The lowest BCUT2D eigenvalue weighted by atomic mass is 9.98. The number of hydrogen-bond donors (Lipinski definition) is 3. The molecule has 0 spiro atoms. The number of aromatic nitrogens is 1. The SMILES string of the molecule is O=C(O)CCOCCNC(=O)c1csc(NC(=O)OCC2c3ccccc3-c3ccccc32)n1. The van der Waals surface area contributed by atoms with Crippen LogP contribution in [-0.4, -0.2) is 54.4 Å². The lowest BCUT2D eigenvalue weighted by Crippen LogP contribution is -2.27. The minimum Gasteiger partial charge on any atom is -0.481 e. The van der Waals surface area contributed by atoms with Gasteiger partial charge in [-0.25, -0.2) is 9.78 Å². The summed E-state index contributed by atoms with van der Waals surface area (Å²) in [4.78, 5) is 39.1. The molecule has 1 heterocycles. The molecule has 176 valence electrons. The van der Waals surface area contributed by atoms with Crippen LogP contribution in [0.15, 0.2) is 53.9 Å². The number of ether oxygens (including phenoxy) is 2. The Morgan fingerprint density at radius 1 is 1.00 bits per heavy atom. The fourth-order valence-electron chi connectivity index (χ4n) is 3.75. The molecule has 3 N–H and O–H groups in total. The van der Waals surface area contributed by atoms with Gasteiger partial charge in [-0.05, 0) is 22.3 Å². The van der Waals surface area contributed by atoms with Crippen LogP contribution >= 0.6 is 11.3 Å². The van der Waals surface area contributed by atoms with Crippen LogP contribution in [0.5, 0.6) is 0 Å². The second-order valence-electron chi connectivity index (χ2n) is 7.50. The maximum Gasteiger partial charge on any atom is 0.413 e. The van der Waals surface area contributed by atoms with E-state index in [4.69, 9.17) is 14.6 Å². The van der Waals surface area contributed by atoms with Crippen molar-refractivity contribution in [1.82, 2.24) is 10.3 Å². The van der Waals surface area contributed by atoms with Gasteiger partial charge in [-0.1, -0.05) is 48.5 Å². The molecule has 0 saturated carbocycles. The number of aliphatic carboxylic acids is 1. The van der Waals surface area contributed by atoms with Gasteiger partial charge in [-0.3, -0.25) is 14.9 Å². The lowest BCUT2D eigenvalue weighted by molar-refractivity contribution is -0.138. The van der Waals surface area contributed by atoms with Gasteiger partial charge < -0.3 is 19.9 Å². The zero-order valence-corrected chi connectivity index (χ0v) is 19.0. The fourth-order valence-corrected chi connectivity index (χ4v) is 4.42. The molecule has 0 radical (unpaired) electrons. The summed E-state index contributed by atoms with van der Waals surface area (Å²) in [6, 6.07) is 16.2. The van der Waals surface area contributed by atoms with E-state index in [1.54, 1.807) is 0 Å². The average Bonchev–Trinajstić information content (AvgIpc) is 3.42. The summed E-state index contributed by atoms with van der Waals surface area (Å²) in [7, 11) is 0. The molecule has 1 aliphatic rings. The van der Waals surface area contributed by atoms with Gasteiger partial charge in [0, 0.05) is 17.8 Å². The van der Waals surface area contributed by atoms with E-state index in [1.807, 2.05) is 36.4 Å². The number of anilines is 1. The molecule has 3 aromatic rings. The molecule has 34 heavy (non-hydrogen) atoms. The van der Waals surface area contributed by atoms with E-state index in [0.717, 1.165) is 33.6 Å². The van der Waals surface area contributed by atoms with Crippen LogP contribution < -0.4 is 10.6 Å². The van der Waals surface area contributed by atoms with Crippen molar-refractivity contribution in [3.05, 3.63) is 70.7 Å². The number of carbonyl (C=O) groups excluding carboxylic acids is 2. The summed E-state index contributed by atoms with van der Waals surface area (Å²) in [5.74, 6) is -1.41. The first-order valence-electron chi connectivity index (χ1n) is 10.7. The number of rotatable bonds is 10. The normalized spacial score (nSPS) is 12.0. The molecule has 0 fully saturated rings. The number of hydrogen-bond acceptors (Lipinski definition) is 7. The Kier molecular flexibility index (Phi) is 7.51. The van der Waals surface area contributed by atoms with Gasteiger partial charge in [0.15, 0.2) is 5.13 Å². The molecule has 0 atom stereocenters. The van der Waals surface area contributed by atoms with Crippen LogP contribution in [0.4, 0.5) is 9.93 Å². The largest absolute Gasteiger partial charge is 0.481 e. The first-order valence-corrected chi connectivity index (χ1v) is 11.6. The number of fused-ring (bicyclic) bond motifs is 3. The van der Waals surface area contributed by atoms with Crippen molar-refractivity contribution < 1.29 is 29.0 Å². The molecule has 2 amide bonds. The smallest absolute Gasteiger partial charge is 0.413 e. The van der Waals surface area contributed by atoms with E-state index in [9.17, 15) is 14.4 Å². The van der Waals surface area contributed by atoms with Gasteiger partial charge in [0.05, 0.1) is 19.6 Å². The topological polar surface area (TPSA) is 127 Å². The molecule has 0 aliphatic heterocycles. The number of thiazole rings is 1. The van der Waals surface area contributed by atoms with Crippen LogP contribution in [0.1, 0.15) is 34.0 Å². The molecule has 2 aromatic carbocycles. The van der Waals surface area contributed by atoms with E-state index in [2.05, 4.69) is 27.8 Å². The summed E-state index contributed by atoms with van der Waals surface area (Å²) in [6.45, 7) is 0.662. The number of carboxylic acid groups (broad SMARTS) is 1. The summed E-state index contributed by atoms with van der Waals surface area (Å²) in [5, 5.41) is 15.5. The van der Waals surface area contributed by atoms with Crippen molar-refractivity contribution in [2.24, 2.45) is 0 Å². The van der Waals surface area contributed by atoms with Gasteiger partial charge in [-0.15, -0.1) is 11.3 Å². The average molecular weight is 482 g/mol. The second kappa shape index (κ2) is 10.9. The zero-order chi connectivity index (χ0) is 23.9. The predicted molar refractivity (Wildman–Crippen MR) is 126 cm³/mol. The van der Waals surface area contributed by atoms with E-state index < -0.39 is 18.0 Å². The standard InChI is InChI=1S/C24H23N3O6S/c28-21(29)9-11-32-12-10-25-22(30)20-14-34-23(26-20)27-24(31)33-13-19-17-7-3-1-5-15(17)16-6-2-4-8-18(16)19/h1-8,14,19H,9-13H2,(H,25,30)(H,28,29)(H,26,27,31). The monoisotopic (exact) mass is 481 g/mol. The molecule has 1 aliphatic carbocycles. The highest BCUT2D eigenvalue weighted by Gasteiger charge is 2.29. The van der Waals surface area contributed by atoms with Crippen molar-refractivity contribution >= 4 is 34.4 Å². The molecule has 1 aromatic heterocycles. The van der Waals surface area contributed by atoms with Crippen molar-refractivity contribution in [2.75, 3.05) is 31.7 Å². The summed E-state index contributed by atoms with van der Waals surface area (Å²) >= 11 is 1.11. The number of benzene rings is 2. The number of nitrogens with zero attached hydrogens (tertiary/aromatic N) is 1. The van der Waals surface area contributed by atoms with Crippen molar-refractivity contribution in [3.8, 4) is 11.1 Å². The zero-order valence-electron chi connectivity index (χ0n) is 18.2. The van der Waals surface area contributed by atoms with E-state index in [-0.39, 0.29) is 49.5 Å². The molecular formula is C24H23N3O6S. The molecular weight excluding hydrogens is 458 g/mol. The summed E-state index contributed by atoms with van der Waals surface area (Å²) in [6.07, 6.45) is -0.736. The highest BCUT2D eigenvalue weighted by molar-refractivity contribution is 7.14. The molecule has 4 rings (SSSR count). The van der Waals surface area contributed by atoms with Gasteiger partial charge in [-0.2, -0.15) is 0 Å². The van der Waals surface area contributed by atoms with Gasteiger partial charge >= 0.3 is 12.1 Å². The first kappa shape index (κ1) is 23.4. The Balaban J connectivity index is 1.25. The Labute approximate surface area is 199 Å².